The van der Waals surface area contributed by atoms with Crippen molar-refractivity contribution in [3.63, 3.8) is 0 Å². The van der Waals surface area contributed by atoms with E-state index in [2.05, 4.69) is 4.98 Å². The van der Waals surface area contributed by atoms with Gasteiger partial charge in [-0.2, -0.15) is 0 Å². The minimum atomic E-state index is -0.0848. The smallest absolute Gasteiger partial charge is 0.191 e. The van der Waals surface area contributed by atoms with Crippen LogP contribution in [0, 0.1) is 0 Å². The Morgan fingerprint density at radius 1 is 1.53 bits per heavy atom. The molecule has 0 aliphatic carbocycles. The number of nitrogens with one attached hydrogen (secondary N) is 1. The number of rotatable bonds is 2. The van der Waals surface area contributed by atoms with E-state index in [-0.39, 0.29) is 23.7 Å². The second-order valence-electron chi connectivity index (χ2n) is 3.69. The molecule has 15 heavy (non-hydrogen) atoms. The standard InChI is InChI=1S/C10H11FN2OS/c1-6(2)8-5-7-9(14)3-4-12-10(7)13(8)15-11/h3-6H,1-2H3,(H,12,14). The molecule has 80 valence electrons. The number of aromatic nitrogens is 2. The largest absolute Gasteiger partial charge is 0.347 e. The van der Waals surface area contributed by atoms with Gasteiger partial charge in [-0.1, -0.05) is 13.8 Å². The number of hydrogen-bond donors (Lipinski definition) is 1. The first-order valence-electron chi connectivity index (χ1n) is 4.67. The van der Waals surface area contributed by atoms with Gasteiger partial charge < -0.3 is 4.98 Å². The highest BCUT2D eigenvalue weighted by atomic mass is 32.2. The third kappa shape index (κ3) is 1.56. The Bertz CT molecular complexity index is 544. The van der Waals surface area contributed by atoms with Gasteiger partial charge in [0.25, 0.3) is 0 Å². The molecule has 5 heteroatoms. The van der Waals surface area contributed by atoms with Gasteiger partial charge in [-0.15, -0.1) is 3.89 Å². The zero-order chi connectivity index (χ0) is 11.0. The lowest BCUT2D eigenvalue weighted by Gasteiger charge is -2.06. The van der Waals surface area contributed by atoms with Crippen LogP contribution in [0.5, 0.6) is 0 Å². The normalized spacial score (nSPS) is 11.5. The molecule has 2 aromatic heterocycles. The molecule has 0 saturated heterocycles. The van der Waals surface area contributed by atoms with Crippen LogP contribution in [-0.2, 0) is 0 Å². The van der Waals surface area contributed by atoms with Gasteiger partial charge in [-0.3, -0.25) is 4.79 Å². The zero-order valence-electron chi connectivity index (χ0n) is 8.45. The van der Waals surface area contributed by atoms with Crippen molar-refractivity contribution in [1.82, 2.24) is 8.96 Å². The molecule has 2 rings (SSSR count). The van der Waals surface area contributed by atoms with Gasteiger partial charge in [-0.25, -0.2) is 3.97 Å². The Labute approximate surface area is 90.7 Å². The van der Waals surface area contributed by atoms with E-state index >= 15 is 0 Å². The first kappa shape index (κ1) is 10.3. The maximum atomic E-state index is 12.8. The maximum Gasteiger partial charge on any atom is 0.191 e. The molecular formula is C10H11FN2OS. The van der Waals surface area contributed by atoms with Crippen molar-refractivity contribution >= 4 is 23.4 Å². The van der Waals surface area contributed by atoms with Crippen LogP contribution in [0.2, 0.25) is 0 Å². The fourth-order valence-electron chi connectivity index (χ4n) is 1.60. The molecule has 2 aromatic rings. The Balaban J connectivity index is 2.85. The molecule has 0 fully saturated rings. The van der Waals surface area contributed by atoms with Crippen LogP contribution < -0.4 is 5.43 Å². The van der Waals surface area contributed by atoms with Crippen LogP contribution in [-0.4, -0.2) is 8.96 Å². The average molecular weight is 226 g/mol. The summed E-state index contributed by atoms with van der Waals surface area (Å²) in [4.78, 5) is 14.4. The predicted molar refractivity (Wildman–Crippen MR) is 60.7 cm³/mol. The van der Waals surface area contributed by atoms with Crippen molar-refractivity contribution in [3.8, 4) is 0 Å². The molecule has 0 saturated carbocycles. The van der Waals surface area contributed by atoms with Gasteiger partial charge >= 0.3 is 0 Å². The third-order valence-electron chi connectivity index (χ3n) is 2.37. The molecule has 0 aromatic carbocycles. The Kier molecular flexibility index (Phi) is 2.56. The second-order valence-corrected chi connectivity index (χ2v) is 4.19. The molecule has 0 radical (unpaired) electrons. The number of hydrogen-bond acceptors (Lipinski definition) is 2. The molecular weight excluding hydrogens is 215 g/mol. The first-order chi connectivity index (χ1) is 7.15. The topological polar surface area (TPSA) is 37.8 Å². The van der Waals surface area contributed by atoms with E-state index in [9.17, 15) is 8.68 Å². The van der Waals surface area contributed by atoms with Crippen molar-refractivity contribution in [2.75, 3.05) is 0 Å². The lowest BCUT2D eigenvalue weighted by atomic mass is 10.1. The van der Waals surface area contributed by atoms with Crippen LogP contribution in [0.1, 0.15) is 25.5 Å². The molecule has 0 amide bonds. The maximum absolute atomic E-state index is 12.8. The van der Waals surface area contributed by atoms with Gasteiger partial charge in [0.1, 0.15) is 5.65 Å². The quantitative estimate of drug-likeness (QED) is 0.855. The lowest BCUT2D eigenvalue weighted by Crippen LogP contribution is -1.99. The molecule has 0 bridgehead atoms. The number of halogens is 1. The van der Waals surface area contributed by atoms with Gasteiger partial charge in [0.15, 0.2) is 17.8 Å². The summed E-state index contributed by atoms with van der Waals surface area (Å²) in [6.45, 7) is 3.93. The van der Waals surface area contributed by atoms with Crippen LogP contribution >= 0.6 is 12.3 Å². The predicted octanol–water partition coefficient (Wildman–Crippen LogP) is 2.83. The lowest BCUT2D eigenvalue weighted by molar-refractivity contribution is 0.808. The van der Waals surface area contributed by atoms with Crippen LogP contribution in [0.4, 0.5) is 3.89 Å². The van der Waals surface area contributed by atoms with Crippen molar-refractivity contribution in [3.05, 3.63) is 34.2 Å². The SMILES string of the molecule is CC(C)c1cc2c(=O)cc[nH]c2n1SF. The number of nitrogens with zero attached hydrogens (tertiary/aromatic N) is 1. The Morgan fingerprint density at radius 2 is 2.27 bits per heavy atom. The van der Waals surface area contributed by atoms with E-state index in [1.807, 2.05) is 13.8 Å². The fourth-order valence-corrected chi connectivity index (χ4v) is 2.16. The Morgan fingerprint density at radius 3 is 2.87 bits per heavy atom. The number of H-pyrrole nitrogens is 1. The van der Waals surface area contributed by atoms with Crippen LogP contribution in [0.15, 0.2) is 23.1 Å². The van der Waals surface area contributed by atoms with E-state index in [4.69, 9.17) is 0 Å². The molecule has 0 aliphatic rings. The summed E-state index contributed by atoms with van der Waals surface area (Å²) < 4.78 is 14.2. The summed E-state index contributed by atoms with van der Waals surface area (Å²) in [5, 5.41) is 0.534. The van der Waals surface area contributed by atoms with Gasteiger partial charge in [0, 0.05) is 18.0 Å². The van der Waals surface area contributed by atoms with Gasteiger partial charge in [-0.05, 0) is 12.0 Å². The minimum absolute atomic E-state index is 0.0848. The van der Waals surface area contributed by atoms with E-state index in [0.717, 1.165) is 5.69 Å². The van der Waals surface area contributed by atoms with E-state index in [1.54, 1.807) is 6.07 Å². The number of aromatic amines is 1. The highest BCUT2D eigenvalue weighted by Gasteiger charge is 2.14. The first-order valence-corrected chi connectivity index (χ1v) is 5.34. The highest BCUT2D eigenvalue weighted by Crippen LogP contribution is 2.26. The Hall–Kier alpha value is -1.23. The summed E-state index contributed by atoms with van der Waals surface area (Å²) >= 11 is 0.115. The highest BCUT2D eigenvalue weighted by molar-refractivity contribution is 7.92. The minimum Gasteiger partial charge on any atom is -0.347 e. The molecule has 1 N–H and O–H groups in total. The fraction of sp³-hybridized carbons (Fsp3) is 0.300. The zero-order valence-corrected chi connectivity index (χ0v) is 9.27. The molecule has 2 heterocycles. The average Bonchev–Trinajstić information content (AvgIpc) is 2.57. The van der Waals surface area contributed by atoms with E-state index in [0.29, 0.717) is 11.0 Å². The van der Waals surface area contributed by atoms with E-state index < -0.39 is 0 Å². The molecule has 0 unspecified atom stereocenters. The second kappa shape index (κ2) is 3.73. The summed E-state index contributed by atoms with van der Waals surface area (Å²) in [6.07, 6.45) is 1.53. The third-order valence-corrected chi connectivity index (χ3v) is 2.90. The van der Waals surface area contributed by atoms with Gasteiger partial charge in [0.2, 0.25) is 0 Å². The van der Waals surface area contributed by atoms with Crippen molar-refractivity contribution in [1.29, 1.82) is 0 Å². The summed E-state index contributed by atoms with van der Waals surface area (Å²) in [6, 6.07) is 3.19. The monoisotopic (exact) mass is 226 g/mol. The van der Waals surface area contributed by atoms with Crippen molar-refractivity contribution < 1.29 is 3.89 Å². The summed E-state index contributed by atoms with van der Waals surface area (Å²) in [7, 11) is 0. The van der Waals surface area contributed by atoms with E-state index in [1.165, 1.54) is 16.2 Å². The van der Waals surface area contributed by atoms with Gasteiger partial charge in [0.05, 0.1) is 5.39 Å². The number of fused-ring (bicyclic) bond motifs is 1. The van der Waals surface area contributed by atoms with Crippen molar-refractivity contribution in [2.45, 2.75) is 19.8 Å². The molecule has 3 nitrogen and oxygen atoms in total. The van der Waals surface area contributed by atoms with Crippen LogP contribution in [0.3, 0.4) is 0 Å². The molecule has 0 aliphatic heterocycles. The molecule has 0 atom stereocenters. The molecule has 0 spiro atoms. The van der Waals surface area contributed by atoms with Crippen LogP contribution in [0.25, 0.3) is 11.0 Å². The summed E-state index contributed by atoms with van der Waals surface area (Å²) in [5.41, 5.74) is 1.24. The van der Waals surface area contributed by atoms with Crippen molar-refractivity contribution in [2.24, 2.45) is 0 Å². The number of pyridine rings is 1. The summed E-state index contributed by atoms with van der Waals surface area (Å²) in [5.74, 6) is 0.174.